The molecule has 8 heteroatoms. The number of hydrogen-bond donors (Lipinski definition) is 2. The first kappa shape index (κ1) is 20.7. The van der Waals surface area contributed by atoms with Crippen LogP contribution in [0.25, 0.3) is 11.1 Å². The number of benzene rings is 1. The van der Waals surface area contributed by atoms with E-state index in [1.54, 1.807) is 19.4 Å². The van der Waals surface area contributed by atoms with Gasteiger partial charge in [-0.1, -0.05) is 6.07 Å². The minimum Gasteiger partial charge on any atom is -0.481 e. The summed E-state index contributed by atoms with van der Waals surface area (Å²) < 4.78 is 11.2. The molecule has 1 aliphatic rings. The van der Waals surface area contributed by atoms with Crippen LogP contribution in [0.2, 0.25) is 0 Å². The van der Waals surface area contributed by atoms with Gasteiger partial charge in [0.1, 0.15) is 12.1 Å². The molecule has 2 atom stereocenters. The summed E-state index contributed by atoms with van der Waals surface area (Å²) in [5.41, 5.74) is 9.78. The first-order valence-electron chi connectivity index (χ1n) is 10.2. The Morgan fingerprint density at radius 1 is 1.13 bits per heavy atom. The summed E-state index contributed by atoms with van der Waals surface area (Å²) in [4.78, 5) is 15.2. The molecule has 1 aromatic carbocycles. The number of aromatic nitrogens is 3. The van der Waals surface area contributed by atoms with Gasteiger partial charge in [0.25, 0.3) is 0 Å². The number of rotatable bonds is 5. The Hall–Kier alpha value is -3.52. The van der Waals surface area contributed by atoms with Gasteiger partial charge in [-0.15, -0.1) is 0 Å². The summed E-state index contributed by atoms with van der Waals surface area (Å²) in [5.74, 6) is 1.30. The zero-order chi connectivity index (χ0) is 22.0. The number of ether oxygens (including phenoxy) is 2. The molecule has 8 nitrogen and oxygen atoms in total. The fourth-order valence-electron chi connectivity index (χ4n) is 3.87. The number of methoxy groups -OCH3 is 1. The maximum atomic E-state index is 8.80. The Morgan fingerprint density at radius 3 is 2.65 bits per heavy atom. The lowest BCUT2D eigenvalue weighted by molar-refractivity contribution is -0.00546. The molecule has 0 saturated carbocycles. The summed E-state index contributed by atoms with van der Waals surface area (Å²) >= 11 is 0. The molecule has 0 aliphatic carbocycles. The van der Waals surface area contributed by atoms with Crippen molar-refractivity contribution in [2.45, 2.75) is 26.1 Å². The van der Waals surface area contributed by atoms with E-state index in [2.05, 4.69) is 19.9 Å². The van der Waals surface area contributed by atoms with Crippen molar-refractivity contribution in [3.63, 3.8) is 0 Å². The molecule has 31 heavy (non-hydrogen) atoms. The number of anilines is 2. The van der Waals surface area contributed by atoms with E-state index in [9.17, 15) is 0 Å². The van der Waals surface area contributed by atoms with Crippen molar-refractivity contribution in [3.8, 4) is 17.0 Å². The number of hydrogen-bond acceptors (Lipinski definition) is 8. The lowest BCUT2D eigenvalue weighted by Crippen LogP contribution is -2.45. The Morgan fingerprint density at radius 2 is 1.90 bits per heavy atom. The van der Waals surface area contributed by atoms with Gasteiger partial charge in [-0.2, -0.15) is 0 Å². The first-order chi connectivity index (χ1) is 15.0. The van der Waals surface area contributed by atoms with Crippen LogP contribution in [0, 0.1) is 5.41 Å². The zero-order valence-corrected chi connectivity index (χ0v) is 17.9. The van der Waals surface area contributed by atoms with Gasteiger partial charge in [0.05, 0.1) is 30.7 Å². The average molecular weight is 419 g/mol. The number of nitrogens with zero attached hydrogens (tertiary/aromatic N) is 4. The molecular formula is C23H26N6O2. The van der Waals surface area contributed by atoms with E-state index in [1.807, 2.05) is 44.2 Å². The van der Waals surface area contributed by atoms with Crippen molar-refractivity contribution in [2.75, 3.05) is 30.8 Å². The van der Waals surface area contributed by atoms with Crippen molar-refractivity contribution in [1.29, 1.82) is 5.41 Å². The van der Waals surface area contributed by atoms with Crippen molar-refractivity contribution in [2.24, 2.45) is 0 Å². The molecule has 3 aromatic rings. The molecule has 160 valence electrons. The number of nitrogen functional groups attached to an aromatic ring is 1. The van der Waals surface area contributed by atoms with E-state index in [1.165, 1.54) is 6.33 Å². The third kappa shape index (κ3) is 4.34. The quantitative estimate of drug-likeness (QED) is 0.484. The zero-order valence-electron chi connectivity index (χ0n) is 17.9. The molecule has 2 aromatic heterocycles. The highest BCUT2D eigenvalue weighted by molar-refractivity contribution is 6.13. The van der Waals surface area contributed by atoms with E-state index >= 15 is 0 Å². The normalized spacial score (nSPS) is 18.6. The van der Waals surface area contributed by atoms with Gasteiger partial charge in [0, 0.05) is 42.2 Å². The van der Waals surface area contributed by atoms with Gasteiger partial charge < -0.3 is 20.1 Å². The van der Waals surface area contributed by atoms with E-state index in [-0.39, 0.29) is 17.9 Å². The Kier molecular flexibility index (Phi) is 5.81. The van der Waals surface area contributed by atoms with Crippen LogP contribution in [-0.4, -0.2) is 53.1 Å². The van der Waals surface area contributed by atoms with Crippen molar-refractivity contribution < 1.29 is 9.47 Å². The molecular weight excluding hydrogens is 392 g/mol. The monoisotopic (exact) mass is 418 g/mol. The standard InChI is InChI=1S/C23H26N6O2/c1-14-11-29(12-15(2)31-14)21-10-20(27-13-28-21)22(25)18-9-16(6-7-19(18)24)17-5-4-8-26-23(17)30-3/h4-10,13-15,25H,11-12,24H2,1-3H3/t14-,15+. The van der Waals surface area contributed by atoms with Crippen molar-refractivity contribution >= 4 is 17.2 Å². The topological polar surface area (TPSA) is 110 Å². The predicted molar refractivity (Wildman–Crippen MR) is 121 cm³/mol. The maximum Gasteiger partial charge on any atom is 0.221 e. The first-order valence-corrected chi connectivity index (χ1v) is 10.2. The van der Waals surface area contributed by atoms with Crippen LogP contribution in [0.5, 0.6) is 5.88 Å². The molecule has 0 unspecified atom stereocenters. The summed E-state index contributed by atoms with van der Waals surface area (Å²) in [7, 11) is 1.59. The van der Waals surface area contributed by atoms with Gasteiger partial charge in [0.15, 0.2) is 0 Å². The SMILES string of the molecule is COc1ncccc1-c1ccc(N)c(C(=N)c2cc(N3C[C@@H](C)O[C@@H](C)C3)ncn2)c1. The lowest BCUT2D eigenvalue weighted by atomic mass is 9.98. The molecule has 0 radical (unpaired) electrons. The lowest BCUT2D eigenvalue weighted by Gasteiger charge is -2.36. The van der Waals surface area contributed by atoms with Gasteiger partial charge in [-0.25, -0.2) is 15.0 Å². The third-order valence-electron chi connectivity index (χ3n) is 5.25. The minimum absolute atomic E-state index is 0.114. The Bertz CT molecular complexity index is 1090. The molecule has 3 N–H and O–H groups in total. The minimum atomic E-state index is 0.114. The second kappa shape index (κ2) is 8.69. The van der Waals surface area contributed by atoms with Crippen molar-refractivity contribution in [1.82, 2.24) is 15.0 Å². The highest BCUT2D eigenvalue weighted by Crippen LogP contribution is 2.31. The van der Waals surface area contributed by atoms with E-state index < -0.39 is 0 Å². The van der Waals surface area contributed by atoms with Crippen molar-refractivity contribution in [3.05, 3.63) is 60.2 Å². The molecule has 4 rings (SSSR count). The average Bonchev–Trinajstić information content (AvgIpc) is 2.78. The highest BCUT2D eigenvalue weighted by atomic mass is 16.5. The molecule has 3 heterocycles. The number of nitrogens with one attached hydrogen (secondary N) is 1. The van der Waals surface area contributed by atoms with Crippen LogP contribution in [0.15, 0.2) is 48.9 Å². The van der Waals surface area contributed by atoms with Crippen LogP contribution in [0.3, 0.4) is 0 Å². The Labute approximate surface area is 181 Å². The second-order valence-corrected chi connectivity index (χ2v) is 7.66. The van der Waals surface area contributed by atoms with Gasteiger partial charge in [-0.3, -0.25) is 5.41 Å². The number of nitrogens with two attached hydrogens (primary N) is 1. The van der Waals surface area contributed by atoms with E-state index in [4.69, 9.17) is 20.6 Å². The smallest absolute Gasteiger partial charge is 0.221 e. The second-order valence-electron chi connectivity index (χ2n) is 7.66. The fourth-order valence-corrected chi connectivity index (χ4v) is 3.87. The fraction of sp³-hybridized carbons (Fsp3) is 0.304. The van der Waals surface area contributed by atoms with Crippen LogP contribution in [0.4, 0.5) is 11.5 Å². The highest BCUT2D eigenvalue weighted by Gasteiger charge is 2.24. The van der Waals surface area contributed by atoms with Crippen LogP contribution >= 0.6 is 0 Å². The largest absolute Gasteiger partial charge is 0.481 e. The third-order valence-corrected chi connectivity index (χ3v) is 5.25. The van der Waals surface area contributed by atoms with Crippen LogP contribution in [0.1, 0.15) is 25.1 Å². The molecule has 1 saturated heterocycles. The summed E-state index contributed by atoms with van der Waals surface area (Å²) in [6.45, 7) is 5.58. The van der Waals surface area contributed by atoms with E-state index in [0.29, 0.717) is 22.8 Å². The molecule has 1 fully saturated rings. The summed E-state index contributed by atoms with van der Waals surface area (Å²) in [6.07, 6.45) is 3.40. The summed E-state index contributed by atoms with van der Waals surface area (Å²) in [5, 5.41) is 8.80. The van der Waals surface area contributed by atoms with E-state index in [0.717, 1.165) is 30.0 Å². The van der Waals surface area contributed by atoms with Gasteiger partial charge in [-0.05, 0) is 43.7 Å². The molecule has 0 amide bonds. The predicted octanol–water partition coefficient (Wildman–Crippen LogP) is 3.16. The number of pyridine rings is 1. The Balaban J connectivity index is 1.67. The molecule has 0 spiro atoms. The van der Waals surface area contributed by atoms with Gasteiger partial charge in [0.2, 0.25) is 5.88 Å². The molecule has 0 bridgehead atoms. The molecule has 1 aliphatic heterocycles. The van der Waals surface area contributed by atoms with Crippen LogP contribution in [-0.2, 0) is 4.74 Å². The number of morpholine rings is 1. The summed E-state index contributed by atoms with van der Waals surface area (Å²) in [6, 6.07) is 11.2. The van der Waals surface area contributed by atoms with Gasteiger partial charge >= 0.3 is 0 Å². The maximum absolute atomic E-state index is 8.80. The van der Waals surface area contributed by atoms with Crippen LogP contribution < -0.4 is 15.4 Å².